The van der Waals surface area contributed by atoms with E-state index in [4.69, 9.17) is 11.5 Å². The van der Waals surface area contributed by atoms with Crippen molar-refractivity contribution >= 4 is 17.6 Å². The van der Waals surface area contributed by atoms with E-state index in [2.05, 4.69) is 14.9 Å². The lowest BCUT2D eigenvalue weighted by Gasteiger charge is -2.35. The molecule has 0 aliphatic heterocycles. The van der Waals surface area contributed by atoms with Crippen LogP contribution in [-0.4, -0.2) is 23.1 Å². The van der Waals surface area contributed by atoms with Crippen LogP contribution in [0.25, 0.3) is 0 Å². The fourth-order valence-electron chi connectivity index (χ4n) is 1.61. The summed E-state index contributed by atoms with van der Waals surface area (Å²) in [6.45, 7) is 0. The molecule has 0 atom stereocenters. The van der Waals surface area contributed by atoms with E-state index in [0.29, 0.717) is 11.9 Å². The normalized spacial score (nSPS) is 16.4. The molecule has 0 spiro atoms. The van der Waals surface area contributed by atoms with E-state index < -0.39 is 0 Å². The maximum Gasteiger partial charge on any atom is 0.223 e. The van der Waals surface area contributed by atoms with Gasteiger partial charge in [0.05, 0.1) is 0 Å². The molecule has 0 aromatic carbocycles. The highest BCUT2D eigenvalue weighted by Crippen LogP contribution is 2.27. The highest BCUT2D eigenvalue weighted by molar-refractivity contribution is 5.50. The van der Waals surface area contributed by atoms with Gasteiger partial charge in [-0.2, -0.15) is 9.97 Å². The molecule has 2 rings (SSSR count). The number of nitrogens with zero attached hydrogens (tertiary/aromatic N) is 3. The average Bonchev–Trinajstić information content (AvgIpc) is 1.98. The van der Waals surface area contributed by atoms with Gasteiger partial charge in [-0.1, -0.05) is 0 Å². The van der Waals surface area contributed by atoms with Crippen molar-refractivity contribution < 1.29 is 0 Å². The predicted molar refractivity (Wildman–Crippen MR) is 56.9 cm³/mol. The quantitative estimate of drug-likeness (QED) is 0.720. The van der Waals surface area contributed by atoms with Crippen molar-refractivity contribution in [3.05, 3.63) is 6.07 Å². The summed E-state index contributed by atoms with van der Waals surface area (Å²) >= 11 is 0. The van der Waals surface area contributed by atoms with Gasteiger partial charge in [0.2, 0.25) is 5.95 Å². The molecule has 0 radical (unpaired) electrons. The van der Waals surface area contributed by atoms with Crippen molar-refractivity contribution in [1.82, 2.24) is 9.97 Å². The van der Waals surface area contributed by atoms with Crippen LogP contribution in [0.4, 0.5) is 17.6 Å². The predicted octanol–water partition coefficient (Wildman–Crippen LogP) is 0.630. The van der Waals surface area contributed by atoms with Crippen LogP contribution in [-0.2, 0) is 0 Å². The Balaban J connectivity index is 2.21. The molecular formula is C9H15N5. The number of hydrogen-bond donors (Lipinski definition) is 2. The summed E-state index contributed by atoms with van der Waals surface area (Å²) in [5, 5.41) is 0. The Bertz CT molecular complexity index is 314. The van der Waals surface area contributed by atoms with Gasteiger partial charge >= 0.3 is 0 Å². The molecule has 1 aromatic rings. The second kappa shape index (κ2) is 3.32. The zero-order valence-corrected chi connectivity index (χ0v) is 8.27. The highest BCUT2D eigenvalue weighted by Gasteiger charge is 2.23. The van der Waals surface area contributed by atoms with Gasteiger partial charge in [-0.3, -0.25) is 0 Å². The topological polar surface area (TPSA) is 81.1 Å². The van der Waals surface area contributed by atoms with Crippen LogP contribution in [0.2, 0.25) is 0 Å². The van der Waals surface area contributed by atoms with Gasteiger partial charge in [0.25, 0.3) is 0 Å². The van der Waals surface area contributed by atoms with E-state index in [9.17, 15) is 0 Å². The summed E-state index contributed by atoms with van der Waals surface area (Å²) in [5.74, 6) is 1.49. The van der Waals surface area contributed by atoms with Gasteiger partial charge in [0, 0.05) is 19.2 Å². The molecule has 1 aliphatic rings. The van der Waals surface area contributed by atoms with Crippen LogP contribution in [0.3, 0.4) is 0 Å². The van der Waals surface area contributed by atoms with Crippen molar-refractivity contribution in [1.29, 1.82) is 0 Å². The van der Waals surface area contributed by atoms with Gasteiger partial charge < -0.3 is 16.4 Å². The number of nitrogens with two attached hydrogens (primary N) is 2. The third-order valence-electron chi connectivity index (χ3n) is 2.73. The van der Waals surface area contributed by atoms with E-state index in [1.165, 1.54) is 19.3 Å². The first-order valence-electron chi connectivity index (χ1n) is 4.79. The van der Waals surface area contributed by atoms with E-state index in [-0.39, 0.29) is 5.95 Å². The standard InChI is InChI=1S/C9H15N5/c1-14(6-3-2-4-6)8-5-7(10)12-9(11)13-8/h5-6H,2-4H2,1H3,(H4,10,11,12,13). The number of anilines is 3. The smallest absolute Gasteiger partial charge is 0.223 e. The van der Waals surface area contributed by atoms with Crippen LogP contribution >= 0.6 is 0 Å². The molecule has 0 saturated heterocycles. The van der Waals surface area contributed by atoms with Gasteiger partial charge in [-0.25, -0.2) is 0 Å². The van der Waals surface area contributed by atoms with Gasteiger partial charge in [-0.15, -0.1) is 0 Å². The van der Waals surface area contributed by atoms with Crippen molar-refractivity contribution in [3.8, 4) is 0 Å². The first-order chi connectivity index (χ1) is 6.66. The number of aromatic nitrogens is 2. The van der Waals surface area contributed by atoms with Crippen LogP contribution in [0.5, 0.6) is 0 Å². The summed E-state index contributed by atoms with van der Waals surface area (Å²) in [7, 11) is 2.02. The zero-order chi connectivity index (χ0) is 10.1. The maximum absolute atomic E-state index is 5.60. The molecule has 5 heteroatoms. The Morgan fingerprint density at radius 2 is 2.07 bits per heavy atom. The monoisotopic (exact) mass is 193 g/mol. The molecule has 0 bridgehead atoms. The second-order valence-electron chi connectivity index (χ2n) is 3.70. The molecule has 0 unspecified atom stereocenters. The van der Waals surface area contributed by atoms with E-state index in [1.807, 2.05) is 7.05 Å². The lowest BCUT2D eigenvalue weighted by atomic mass is 9.92. The summed E-state index contributed by atoms with van der Waals surface area (Å²) in [4.78, 5) is 10.1. The van der Waals surface area contributed by atoms with Crippen molar-refractivity contribution in [2.24, 2.45) is 0 Å². The lowest BCUT2D eigenvalue weighted by Crippen LogP contribution is -2.37. The fraction of sp³-hybridized carbons (Fsp3) is 0.556. The minimum Gasteiger partial charge on any atom is -0.383 e. The third-order valence-corrected chi connectivity index (χ3v) is 2.73. The SMILES string of the molecule is CN(c1cc(N)nc(N)n1)C1CCC1. The summed E-state index contributed by atoms with van der Waals surface area (Å²) in [5.41, 5.74) is 11.1. The van der Waals surface area contributed by atoms with Crippen molar-refractivity contribution in [2.45, 2.75) is 25.3 Å². The molecule has 1 saturated carbocycles. The molecule has 0 amide bonds. The first kappa shape index (κ1) is 9.05. The Kier molecular flexibility index (Phi) is 2.15. The Labute approximate surface area is 83.1 Å². The molecule has 1 aliphatic carbocycles. The fourth-order valence-corrected chi connectivity index (χ4v) is 1.61. The first-order valence-corrected chi connectivity index (χ1v) is 4.79. The number of nitrogen functional groups attached to an aromatic ring is 2. The summed E-state index contributed by atoms with van der Waals surface area (Å²) in [6.07, 6.45) is 3.74. The molecule has 76 valence electrons. The molecule has 4 N–H and O–H groups in total. The minimum absolute atomic E-state index is 0.242. The van der Waals surface area contributed by atoms with E-state index in [0.717, 1.165) is 5.82 Å². The molecular weight excluding hydrogens is 178 g/mol. The van der Waals surface area contributed by atoms with E-state index >= 15 is 0 Å². The number of hydrogen-bond acceptors (Lipinski definition) is 5. The summed E-state index contributed by atoms with van der Waals surface area (Å²) < 4.78 is 0. The van der Waals surface area contributed by atoms with Crippen LogP contribution in [0.1, 0.15) is 19.3 Å². The third kappa shape index (κ3) is 1.57. The van der Waals surface area contributed by atoms with Gasteiger partial charge in [0.1, 0.15) is 11.6 Å². The molecule has 1 heterocycles. The molecule has 5 nitrogen and oxygen atoms in total. The van der Waals surface area contributed by atoms with Crippen LogP contribution in [0, 0.1) is 0 Å². The number of rotatable bonds is 2. The highest BCUT2D eigenvalue weighted by atomic mass is 15.2. The van der Waals surface area contributed by atoms with Gasteiger partial charge in [-0.05, 0) is 19.3 Å². The molecule has 1 fully saturated rings. The Morgan fingerprint density at radius 3 is 2.57 bits per heavy atom. The second-order valence-corrected chi connectivity index (χ2v) is 3.70. The Hall–Kier alpha value is -1.52. The van der Waals surface area contributed by atoms with Crippen LogP contribution < -0.4 is 16.4 Å². The van der Waals surface area contributed by atoms with Crippen molar-refractivity contribution in [2.75, 3.05) is 23.4 Å². The maximum atomic E-state index is 5.60. The zero-order valence-electron chi connectivity index (χ0n) is 8.27. The molecule has 1 aromatic heterocycles. The van der Waals surface area contributed by atoms with Crippen molar-refractivity contribution in [3.63, 3.8) is 0 Å². The average molecular weight is 193 g/mol. The van der Waals surface area contributed by atoms with E-state index in [1.54, 1.807) is 6.07 Å². The minimum atomic E-state index is 0.242. The Morgan fingerprint density at radius 1 is 1.36 bits per heavy atom. The van der Waals surface area contributed by atoms with Crippen LogP contribution in [0.15, 0.2) is 6.07 Å². The lowest BCUT2D eigenvalue weighted by molar-refractivity contribution is 0.399. The van der Waals surface area contributed by atoms with Gasteiger partial charge in [0.15, 0.2) is 0 Å². The summed E-state index contributed by atoms with van der Waals surface area (Å²) in [6, 6.07) is 2.35. The largest absolute Gasteiger partial charge is 0.383 e. The molecule has 14 heavy (non-hydrogen) atoms.